The SMILES string of the molecule is CC(CNc1cccc(Br)c1C(N)=S)CN1CCCC1. The quantitative estimate of drug-likeness (QED) is 0.768. The number of nitrogens with one attached hydrogen (secondary N) is 1. The summed E-state index contributed by atoms with van der Waals surface area (Å²) < 4.78 is 0.946. The van der Waals surface area contributed by atoms with Gasteiger partial charge in [0.25, 0.3) is 0 Å². The number of halogens is 1. The van der Waals surface area contributed by atoms with Crippen molar-refractivity contribution in [3.63, 3.8) is 0 Å². The molecule has 0 radical (unpaired) electrons. The second-order valence-corrected chi connectivity index (χ2v) is 6.81. The van der Waals surface area contributed by atoms with E-state index >= 15 is 0 Å². The molecule has 1 fully saturated rings. The molecule has 0 aliphatic carbocycles. The highest BCUT2D eigenvalue weighted by atomic mass is 79.9. The predicted molar refractivity (Wildman–Crippen MR) is 93.4 cm³/mol. The number of thiocarbonyl (C=S) groups is 1. The van der Waals surface area contributed by atoms with Gasteiger partial charge in [0, 0.05) is 28.8 Å². The van der Waals surface area contributed by atoms with Crippen molar-refractivity contribution in [1.82, 2.24) is 4.90 Å². The molecule has 0 aromatic heterocycles. The fourth-order valence-corrected chi connectivity index (χ4v) is 3.61. The molecule has 1 atom stereocenters. The zero-order chi connectivity index (χ0) is 14.5. The summed E-state index contributed by atoms with van der Waals surface area (Å²) in [5.41, 5.74) is 7.72. The molecule has 0 spiro atoms. The van der Waals surface area contributed by atoms with Crippen LogP contribution in [0.3, 0.4) is 0 Å². The molecule has 3 nitrogen and oxygen atoms in total. The number of rotatable bonds is 6. The Morgan fingerprint density at radius 1 is 1.45 bits per heavy atom. The third-order valence-corrected chi connectivity index (χ3v) is 4.53. The minimum absolute atomic E-state index is 0.423. The number of benzene rings is 1. The maximum atomic E-state index is 5.81. The normalized spacial score (nSPS) is 17.1. The van der Waals surface area contributed by atoms with Crippen LogP contribution in [0.4, 0.5) is 5.69 Å². The van der Waals surface area contributed by atoms with Crippen LogP contribution in [0.1, 0.15) is 25.3 Å². The van der Waals surface area contributed by atoms with Crippen molar-refractivity contribution >= 4 is 38.8 Å². The molecule has 1 aromatic carbocycles. The van der Waals surface area contributed by atoms with Crippen molar-refractivity contribution in [1.29, 1.82) is 0 Å². The van der Waals surface area contributed by atoms with E-state index in [1.165, 1.54) is 25.9 Å². The highest BCUT2D eigenvalue weighted by molar-refractivity contribution is 9.10. The van der Waals surface area contributed by atoms with E-state index in [-0.39, 0.29) is 0 Å². The lowest BCUT2D eigenvalue weighted by molar-refractivity contribution is 0.294. The van der Waals surface area contributed by atoms with Gasteiger partial charge < -0.3 is 16.0 Å². The van der Waals surface area contributed by atoms with Crippen molar-refractivity contribution in [3.05, 3.63) is 28.2 Å². The summed E-state index contributed by atoms with van der Waals surface area (Å²) in [6, 6.07) is 5.99. The summed E-state index contributed by atoms with van der Waals surface area (Å²) in [4.78, 5) is 2.97. The van der Waals surface area contributed by atoms with Gasteiger partial charge in [-0.3, -0.25) is 0 Å². The molecule has 1 aliphatic heterocycles. The number of hydrogen-bond donors (Lipinski definition) is 2. The number of nitrogens with two attached hydrogens (primary N) is 1. The van der Waals surface area contributed by atoms with Crippen LogP contribution in [-0.2, 0) is 0 Å². The predicted octanol–water partition coefficient (Wildman–Crippen LogP) is 3.23. The standard InChI is InChI=1S/C15H22BrN3S/c1-11(10-19-7-2-3-8-19)9-18-13-6-4-5-12(16)14(13)15(17)20/h4-6,11,18H,2-3,7-10H2,1H3,(H2,17,20). The maximum Gasteiger partial charge on any atom is 0.107 e. The Hall–Kier alpha value is -0.650. The smallest absolute Gasteiger partial charge is 0.107 e. The van der Waals surface area contributed by atoms with Crippen molar-refractivity contribution < 1.29 is 0 Å². The highest BCUT2D eigenvalue weighted by Crippen LogP contribution is 2.25. The summed E-state index contributed by atoms with van der Waals surface area (Å²) in [6.07, 6.45) is 2.69. The molecule has 0 bridgehead atoms. The van der Waals surface area contributed by atoms with E-state index in [0.29, 0.717) is 10.9 Å². The van der Waals surface area contributed by atoms with Crippen LogP contribution < -0.4 is 11.1 Å². The number of likely N-dealkylation sites (tertiary alicyclic amines) is 1. The van der Waals surface area contributed by atoms with Gasteiger partial charge in [0.1, 0.15) is 4.99 Å². The first-order valence-corrected chi connectivity index (χ1v) is 8.32. The first-order chi connectivity index (χ1) is 9.58. The summed E-state index contributed by atoms with van der Waals surface area (Å²) in [5.74, 6) is 0.603. The monoisotopic (exact) mass is 355 g/mol. The van der Waals surface area contributed by atoms with Crippen molar-refractivity contribution in [2.75, 3.05) is 31.5 Å². The first-order valence-electron chi connectivity index (χ1n) is 7.12. The van der Waals surface area contributed by atoms with Crippen LogP contribution in [0.15, 0.2) is 22.7 Å². The van der Waals surface area contributed by atoms with Crippen molar-refractivity contribution in [2.24, 2.45) is 11.7 Å². The van der Waals surface area contributed by atoms with E-state index in [2.05, 4.69) is 33.1 Å². The molecule has 5 heteroatoms. The van der Waals surface area contributed by atoms with Gasteiger partial charge in [0.2, 0.25) is 0 Å². The fraction of sp³-hybridized carbons (Fsp3) is 0.533. The average molecular weight is 356 g/mol. The van der Waals surface area contributed by atoms with Gasteiger partial charge >= 0.3 is 0 Å². The van der Waals surface area contributed by atoms with Crippen molar-refractivity contribution in [2.45, 2.75) is 19.8 Å². The molecule has 1 unspecified atom stereocenters. The van der Waals surface area contributed by atoms with E-state index < -0.39 is 0 Å². The van der Waals surface area contributed by atoms with Crippen LogP contribution >= 0.6 is 28.1 Å². The summed E-state index contributed by atoms with van der Waals surface area (Å²) >= 11 is 8.64. The average Bonchev–Trinajstić information content (AvgIpc) is 2.88. The van der Waals surface area contributed by atoms with E-state index in [1.54, 1.807) is 0 Å². The van der Waals surface area contributed by atoms with Crippen molar-refractivity contribution in [3.8, 4) is 0 Å². The lowest BCUT2D eigenvalue weighted by Crippen LogP contribution is -2.29. The second-order valence-electron chi connectivity index (χ2n) is 5.52. The summed E-state index contributed by atoms with van der Waals surface area (Å²) in [7, 11) is 0. The molecule has 20 heavy (non-hydrogen) atoms. The van der Waals surface area contributed by atoms with Gasteiger partial charge in [-0.1, -0.05) is 25.2 Å². The molecule has 1 heterocycles. The van der Waals surface area contributed by atoms with Gasteiger partial charge in [0.15, 0.2) is 0 Å². The lowest BCUT2D eigenvalue weighted by Gasteiger charge is -2.21. The Morgan fingerprint density at radius 3 is 2.80 bits per heavy atom. The maximum absolute atomic E-state index is 5.81. The Balaban J connectivity index is 1.93. The molecule has 110 valence electrons. The molecule has 0 amide bonds. The Labute approximate surface area is 135 Å². The number of hydrogen-bond acceptors (Lipinski definition) is 3. The van der Waals surface area contributed by atoms with E-state index in [4.69, 9.17) is 18.0 Å². The fourth-order valence-electron chi connectivity index (χ4n) is 2.68. The minimum atomic E-state index is 0.423. The largest absolute Gasteiger partial charge is 0.389 e. The van der Waals surface area contributed by atoms with E-state index in [0.717, 1.165) is 28.8 Å². The van der Waals surface area contributed by atoms with E-state index in [1.807, 2.05) is 18.2 Å². The third-order valence-electron chi connectivity index (χ3n) is 3.67. The van der Waals surface area contributed by atoms with Crippen LogP contribution in [0.25, 0.3) is 0 Å². The zero-order valence-electron chi connectivity index (χ0n) is 11.9. The molecular formula is C15H22BrN3S. The highest BCUT2D eigenvalue weighted by Gasteiger charge is 2.15. The molecule has 2 rings (SSSR count). The Bertz CT molecular complexity index is 472. The number of nitrogens with zero attached hydrogens (tertiary/aromatic N) is 1. The Morgan fingerprint density at radius 2 is 2.15 bits per heavy atom. The van der Waals surface area contributed by atoms with E-state index in [9.17, 15) is 0 Å². The first kappa shape index (κ1) is 15.7. The number of anilines is 1. The van der Waals surface area contributed by atoms with Gasteiger partial charge in [-0.15, -0.1) is 0 Å². The van der Waals surface area contributed by atoms with Crippen LogP contribution in [0.2, 0.25) is 0 Å². The van der Waals surface area contributed by atoms with Gasteiger partial charge in [-0.25, -0.2) is 0 Å². The lowest BCUT2D eigenvalue weighted by atomic mass is 10.1. The van der Waals surface area contributed by atoms with Gasteiger partial charge in [-0.05, 0) is 59.9 Å². The molecular weight excluding hydrogens is 334 g/mol. The molecule has 0 saturated carbocycles. The summed E-state index contributed by atoms with van der Waals surface area (Å²) in [6.45, 7) is 6.87. The van der Waals surface area contributed by atoms with Gasteiger partial charge in [-0.2, -0.15) is 0 Å². The third kappa shape index (κ3) is 4.17. The zero-order valence-corrected chi connectivity index (χ0v) is 14.3. The topological polar surface area (TPSA) is 41.3 Å². The van der Waals surface area contributed by atoms with Crippen LogP contribution in [0, 0.1) is 5.92 Å². The minimum Gasteiger partial charge on any atom is -0.389 e. The summed E-state index contributed by atoms with van der Waals surface area (Å²) in [5, 5.41) is 3.48. The molecule has 1 aromatic rings. The second kappa shape index (κ2) is 7.38. The Kier molecular flexibility index (Phi) is 5.81. The van der Waals surface area contributed by atoms with Crippen LogP contribution in [-0.4, -0.2) is 36.1 Å². The van der Waals surface area contributed by atoms with Crippen LogP contribution in [0.5, 0.6) is 0 Å². The molecule has 1 saturated heterocycles. The van der Waals surface area contributed by atoms with Gasteiger partial charge in [0.05, 0.1) is 0 Å². The molecule has 3 N–H and O–H groups in total. The molecule has 1 aliphatic rings.